The van der Waals surface area contributed by atoms with Crippen LogP contribution in [-0.2, 0) is 17.7 Å². The molecule has 2 aromatic rings. The Labute approximate surface area is 177 Å². The molecule has 2 amide bonds. The Morgan fingerprint density at radius 2 is 2.03 bits per heavy atom. The molecule has 4 rings (SSSR count). The monoisotopic (exact) mass is 410 g/mol. The summed E-state index contributed by atoms with van der Waals surface area (Å²) in [5, 5.41) is 5.56. The number of morpholine rings is 1. The molecule has 2 aliphatic heterocycles. The smallest absolute Gasteiger partial charge is 0.319 e. The molecule has 8 nitrogen and oxygen atoms in total. The van der Waals surface area contributed by atoms with Crippen LogP contribution >= 0.6 is 0 Å². The number of carbonyl (C=O) groups is 1. The molecule has 3 heterocycles. The molecule has 2 aliphatic rings. The highest BCUT2D eigenvalue weighted by Gasteiger charge is 2.28. The van der Waals surface area contributed by atoms with Gasteiger partial charge in [0.15, 0.2) is 5.82 Å². The van der Waals surface area contributed by atoms with E-state index in [4.69, 9.17) is 14.7 Å². The third-order valence-electron chi connectivity index (χ3n) is 5.61. The molecule has 1 unspecified atom stereocenters. The van der Waals surface area contributed by atoms with Gasteiger partial charge in [-0.05, 0) is 51.6 Å². The molecule has 2 N–H and O–H groups in total. The van der Waals surface area contributed by atoms with Gasteiger partial charge in [0.1, 0.15) is 5.82 Å². The summed E-state index contributed by atoms with van der Waals surface area (Å²) in [6.07, 6.45) is 0.959. The molecule has 0 saturated carbocycles. The summed E-state index contributed by atoms with van der Waals surface area (Å²) in [6, 6.07) is 7.77. The van der Waals surface area contributed by atoms with E-state index in [1.165, 1.54) is 5.56 Å². The van der Waals surface area contributed by atoms with Crippen molar-refractivity contribution in [3.63, 3.8) is 0 Å². The van der Waals surface area contributed by atoms with Crippen molar-refractivity contribution in [1.29, 1.82) is 0 Å². The minimum Gasteiger partial charge on any atom is -0.377 e. The second kappa shape index (κ2) is 8.97. The molecule has 160 valence electrons. The molecule has 1 fully saturated rings. The van der Waals surface area contributed by atoms with Crippen molar-refractivity contribution in [2.24, 2.45) is 0 Å². The minimum absolute atomic E-state index is 0.207. The number of nitrogens with one attached hydrogen (secondary N) is 2. The molecule has 0 radical (unpaired) electrons. The third kappa shape index (κ3) is 4.39. The number of likely N-dealkylation sites (N-methyl/N-ethyl adjacent to an activating group) is 1. The molecule has 1 atom stereocenters. The van der Waals surface area contributed by atoms with Crippen LogP contribution in [-0.4, -0.2) is 66.8 Å². The normalized spacial score (nSPS) is 19.3. The summed E-state index contributed by atoms with van der Waals surface area (Å²) in [7, 11) is 2.13. The third-order valence-corrected chi connectivity index (χ3v) is 5.61. The average molecular weight is 411 g/mol. The summed E-state index contributed by atoms with van der Waals surface area (Å²) >= 11 is 0. The zero-order valence-electron chi connectivity index (χ0n) is 17.9. The van der Waals surface area contributed by atoms with E-state index in [1.807, 2.05) is 31.2 Å². The Balaban J connectivity index is 1.67. The number of urea groups is 1. The Hall–Kier alpha value is -2.71. The maximum Gasteiger partial charge on any atom is 0.319 e. The van der Waals surface area contributed by atoms with Crippen LogP contribution in [0.1, 0.15) is 25.1 Å². The van der Waals surface area contributed by atoms with E-state index in [9.17, 15) is 4.79 Å². The molecule has 1 aromatic carbocycles. The van der Waals surface area contributed by atoms with Gasteiger partial charge in [-0.25, -0.2) is 14.8 Å². The van der Waals surface area contributed by atoms with Gasteiger partial charge in [-0.15, -0.1) is 0 Å². The molecule has 0 bridgehead atoms. The maximum atomic E-state index is 11.7. The van der Waals surface area contributed by atoms with E-state index in [-0.39, 0.29) is 12.1 Å². The lowest BCUT2D eigenvalue weighted by Gasteiger charge is -2.37. The van der Waals surface area contributed by atoms with E-state index in [1.54, 1.807) is 0 Å². The quantitative estimate of drug-likeness (QED) is 0.806. The molecule has 0 aliphatic carbocycles. The Morgan fingerprint density at radius 3 is 2.77 bits per heavy atom. The zero-order valence-corrected chi connectivity index (χ0v) is 17.9. The predicted octanol–water partition coefficient (Wildman–Crippen LogP) is 2.50. The van der Waals surface area contributed by atoms with Gasteiger partial charge in [-0.3, -0.25) is 0 Å². The number of hydrogen-bond donors (Lipinski definition) is 2. The van der Waals surface area contributed by atoms with Crippen molar-refractivity contribution < 1.29 is 9.53 Å². The molecule has 8 heteroatoms. The summed E-state index contributed by atoms with van der Waals surface area (Å²) < 4.78 is 5.64. The van der Waals surface area contributed by atoms with Crippen molar-refractivity contribution in [2.45, 2.75) is 32.9 Å². The van der Waals surface area contributed by atoms with Crippen LogP contribution in [0.4, 0.5) is 16.3 Å². The number of benzene rings is 1. The van der Waals surface area contributed by atoms with Gasteiger partial charge in [0.25, 0.3) is 0 Å². The zero-order chi connectivity index (χ0) is 21.1. The van der Waals surface area contributed by atoms with Gasteiger partial charge in [0.2, 0.25) is 0 Å². The van der Waals surface area contributed by atoms with E-state index in [2.05, 4.69) is 34.4 Å². The number of anilines is 2. The van der Waals surface area contributed by atoms with Crippen molar-refractivity contribution in [3.8, 4) is 11.4 Å². The largest absolute Gasteiger partial charge is 0.377 e. The van der Waals surface area contributed by atoms with Crippen molar-refractivity contribution >= 4 is 17.5 Å². The molecular weight excluding hydrogens is 380 g/mol. The van der Waals surface area contributed by atoms with Crippen LogP contribution in [0.25, 0.3) is 11.4 Å². The number of hydrogen-bond acceptors (Lipinski definition) is 6. The van der Waals surface area contributed by atoms with E-state index >= 15 is 0 Å². The Morgan fingerprint density at radius 1 is 1.23 bits per heavy atom. The van der Waals surface area contributed by atoms with Crippen LogP contribution in [0.2, 0.25) is 0 Å². The fraction of sp³-hybridized carbons (Fsp3) is 0.500. The van der Waals surface area contributed by atoms with Crippen LogP contribution in [0.5, 0.6) is 0 Å². The molecule has 1 saturated heterocycles. The highest BCUT2D eigenvalue weighted by atomic mass is 16.5. The van der Waals surface area contributed by atoms with Gasteiger partial charge in [-0.1, -0.05) is 0 Å². The van der Waals surface area contributed by atoms with Gasteiger partial charge < -0.3 is 25.2 Å². The summed E-state index contributed by atoms with van der Waals surface area (Å²) in [6.45, 7) is 8.78. The second-order valence-corrected chi connectivity index (χ2v) is 7.96. The van der Waals surface area contributed by atoms with Crippen LogP contribution < -0.4 is 15.5 Å². The minimum atomic E-state index is -0.207. The predicted molar refractivity (Wildman–Crippen MR) is 118 cm³/mol. The first kappa shape index (κ1) is 20.6. The molecular formula is C22H30N6O2. The highest BCUT2D eigenvalue weighted by molar-refractivity contribution is 5.89. The van der Waals surface area contributed by atoms with E-state index in [0.29, 0.717) is 13.2 Å². The van der Waals surface area contributed by atoms with Crippen molar-refractivity contribution in [3.05, 3.63) is 35.5 Å². The van der Waals surface area contributed by atoms with E-state index in [0.717, 1.165) is 61.2 Å². The van der Waals surface area contributed by atoms with Crippen LogP contribution in [0.15, 0.2) is 24.3 Å². The molecule has 0 spiro atoms. The topological polar surface area (TPSA) is 82.6 Å². The molecule has 1 aromatic heterocycles. The average Bonchev–Trinajstić information content (AvgIpc) is 2.74. The summed E-state index contributed by atoms with van der Waals surface area (Å²) in [4.78, 5) is 26.3. The lowest BCUT2D eigenvalue weighted by Crippen LogP contribution is -2.45. The standard InChI is InChI=1S/C22H30N6O2/c1-4-23-22(29)24-17-7-5-16(6-8-17)20-25-19-13-27(3)10-9-18(19)21(26-20)28-11-12-30-14-15(28)2/h5-8,15H,4,9-14H2,1-3H3,(H2,23,24,29). The lowest BCUT2D eigenvalue weighted by atomic mass is 10.0. The number of rotatable bonds is 4. The first-order chi connectivity index (χ1) is 14.5. The number of ether oxygens (including phenoxy) is 1. The second-order valence-electron chi connectivity index (χ2n) is 7.96. The number of nitrogens with zero attached hydrogens (tertiary/aromatic N) is 4. The van der Waals surface area contributed by atoms with Gasteiger partial charge in [0, 0.05) is 43.0 Å². The number of carbonyl (C=O) groups excluding carboxylic acids is 1. The van der Waals surface area contributed by atoms with Crippen molar-refractivity contribution in [2.75, 3.05) is 50.1 Å². The number of fused-ring (bicyclic) bond motifs is 1. The van der Waals surface area contributed by atoms with E-state index < -0.39 is 0 Å². The van der Waals surface area contributed by atoms with Gasteiger partial charge >= 0.3 is 6.03 Å². The van der Waals surface area contributed by atoms with Crippen LogP contribution in [0, 0.1) is 0 Å². The van der Waals surface area contributed by atoms with Crippen molar-refractivity contribution in [1.82, 2.24) is 20.2 Å². The fourth-order valence-electron chi connectivity index (χ4n) is 3.99. The number of aromatic nitrogens is 2. The first-order valence-electron chi connectivity index (χ1n) is 10.6. The number of amides is 2. The SMILES string of the molecule is CCNC(=O)Nc1ccc(-c2nc3c(c(N4CCOCC4C)n2)CCN(C)C3)cc1. The molecule has 30 heavy (non-hydrogen) atoms. The fourth-order valence-corrected chi connectivity index (χ4v) is 3.99. The lowest BCUT2D eigenvalue weighted by molar-refractivity contribution is 0.0983. The first-order valence-corrected chi connectivity index (χ1v) is 10.6. The highest BCUT2D eigenvalue weighted by Crippen LogP contribution is 2.31. The van der Waals surface area contributed by atoms with Gasteiger partial charge in [-0.2, -0.15) is 0 Å². The summed E-state index contributed by atoms with van der Waals surface area (Å²) in [5.74, 6) is 1.77. The maximum absolute atomic E-state index is 11.7. The Kier molecular flexibility index (Phi) is 6.15. The van der Waals surface area contributed by atoms with Gasteiger partial charge in [0.05, 0.1) is 24.9 Å². The van der Waals surface area contributed by atoms with Crippen LogP contribution in [0.3, 0.4) is 0 Å². The summed E-state index contributed by atoms with van der Waals surface area (Å²) in [5.41, 5.74) is 4.05. The Bertz CT molecular complexity index is 901.